The van der Waals surface area contributed by atoms with Crippen molar-refractivity contribution in [3.05, 3.63) is 0 Å². The highest BCUT2D eigenvalue weighted by Gasteiger charge is 2.34. The lowest BCUT2D eigenvalue weighted by Gasteiger charge is -2.34. The summed E-state index contributed by atoms with van der Waals surface area (Å²) in [5.41, 5.74) is 0. The van der Waals surface area contributed by atoms with Crippen LogP contribution in [0.1, 0.15) is 39.0 Å². The number of nitrogens with zero attached hydrogens (tertiary/aromatic N) is 1. The molecule has 92 valence electrons. The van der Waals surface area contributed by atoms with E-state index < -0.39 is 0 Å². The first-order chi connectivity index (χ1) is 7.70. The van der Waals surface area contributed by atoms with Crippen molar-refractivity contribution in [2.75, 3.05) is 20.2 Å². The van der Waals surface area contributed by atoms with Gasteiger partial charge in [-0.1, -0.05) is 19.8 Å². The van der Waals surface area contributed by atoms with E-state index in [2.05, 4.69) is 11.8 Å². The fourth-order valence-electron chi connectivity index (χ4n) is 3.21. The van der Waals surface area contributed by atoms with E-state index in [-0.39, 0.29) is 11.9 Å². The minimum atomic E-state index is -0.0219. The van der Waals surface area contributed by atoms with E-state index in [9.17, 15) is 4.79 Å². The van der Waals surface area contributed by atoms with Crippen LogP contribution < -0.4 is 0 Å². The molecule has 0 N–H and O–H groups in total. The van der Waals surface area contributed by atoms with Crippen LogP contribution in [0.3, 0.4) is 0 Å². The standard InChI is InChI=1S/C13H23NO2/c1-10-4-3-5-12(8-10)14-7-6-11(9-14)13(15)16-2/h10-12H,3-9H2,1-2H3. The highest BCUT2D eigenvalue weighted by molar-refractivity contribution is 5.72. The van der Waals surface area contributed by atoms with Crippen molar-refractivity contribution < 1.29 is 9.53 Å². The zero-order chi connectivity index (χ0) is 11.5. The molecule has 3 atom stereocenters. The Kier molecular flexibility index (Phi) is 3.85. The maximum atomic E-state index is 11.5. The van der Waals surface area contributed by atoms with Gasteiger partial charge in [0.25, 0.3) is 0 Å². The van der Waals surface area contributed by atoms with Gasteiger partial charge in [-0.2, -0.15) is 0 Å². The third-order valence-electron chi connectivity index (χ3n) is 4.18. The van der Waals surface area contributed by atoms with Gasteiger partial charge >= 0.3 is 5.97 Å². The number of methoxy groups -OCH3 is 1. The Balaban J connectivity index is 1.85. The Labute approximate surface area is 98.1 Å². The molecule has 3 nitrogen and oxygen atoms in total. The number of ether oxygens (including phenoxy) is 1. The summed E-state index contributed by atoms with van der Waals surface area (Å²) in [7, 11) is 1.49. The molecule has 0 bridgehead atoms. The summed E-state index contributed by atoms with van der Waals surface area (Å²) in [6.07, 6.45) is 6.35. The molecule has 1 aliphatic carbocycles. The number of rotatable bonds is 2. The zero-order valence-corrected chi connectivity index (χ0v) is 10.4. The number of carbonyl (C=O) groups is 1. The van der Waals surface area contributed by atoms with Crippen LogP contribution in [0.2, 0.25) is 0 Å². The Morgan fingerprint density at radius 3 is 2.81 bits per heavy atom. The van der Waals surface area contributed by atoms with Crippen molar-refractivity contribution in [1.82, 2.24) is 4.90 Å². The molecule has 0 amide bonds. The molecule has 2 fully saturated rings. The van der Waals surface area contributed by atoms with Crippen LogP contribution in [0, 0.1) is 11.8 Å². The lowest BCUT2D eigenvalue weighted by Crippen LogP contribution is -2.37. The van der Waals surface area contributed by atoms with Crippen LogP contribution in [0.25, 0.3) is 0 Å². The summed E-state index contributed by atoms with van der Waals surface area (Å²) in [4.78, 5) is 14.0. The van der Waals surface area contributed by atoms with E-state index in [1.165, 1.54) is 32.8 Å². The molecule has 1 aliphatic heterocycles. The molecule has 1 heterocycles. The predicted molar refractivity (Wildman–Crippen MR) is 63.1 cm³/mol. The Morgan fingerprint density at radius 1 is 1.31 bits per heavy atom. The van der Waals surface area contributed by atoms with Gasteiger partial charge in [-0.15, -0.1) is 0 Å². The highest BCUT2D eigenvalue weighted by Crippen LogP contribution is 2.30. The topological polar surface area (TPSA) is 29.5 Å². The number of carbonyl (C=O) groups excluding carboxylic acids is 1. The van der Waals surface area contributed by atoms with Crippen molar-refractivity contribution in [2.45, 2.75) is 45.1 Å². The summed E-state index contributed by atoms with van der Waals surface area (Å²) >= 11 is 0. The van der Waals surface area contributed by atoms with Gasteiger partial charge in [0.15, 0.2) is 0 Å². The number of likely N-dealkylation sites (tertiary alicyclic amines) is 1. The summed E-state index contributed by atoms with van der Waals surface area (Å²) in [6.45, 7) is 4.35. The van der Waals surface area contributed by atoms with Crippen molar-refractivity contribution in [3.63, 3.8) is 0 Å². The fraction of sp³-hybridized carbons (Fsp3) is 0.923. The predicted octanol–water partition coefficient (Wildman–Crippen LogP) is 2.06. The van der Waals surface area contributed by atoms with E-state index in [1.807, 2.05) is 0 Å². The van der Waals surface area contributed by atoms with E-state index >= 15 is 0 Å². The number of hydrogen-bond acceptors (Lipinski definition) is 3. The van der Waals surface area contributed by atoms with E-state index in [0.717, 1.165) is 31.5 Å². The van der Waals surface area contributed by atoms with Gasteiger partial charge in [0.05, 0.1) is 13.0 Å². The summed E-state index contributed by atoms with van der Waals surface area (Å²) in [6, 6.07) is 0.721. The molecule has 0 aromatic rings. The molecule has 0 spiro atoms. The Hall–Kier alpha value is -0.570. The third-order valence-corrected chi connectivity index (χ3v) is 4.18. The first-order valence-corrected chi connectivity index (χ1v) is 6.52. The maximum absolute atomic E-state index is 11.5. The lowest BCUT2D eigenvalue weighted by molar-refractivity contribution is -0.145. The Morgan fingerprint density at radius 2 is 2.12 bits per heavy atom. The molecule has 3 heteroatoms. The largest absolute Gasteiger partial charge is 0.469 e. The average molecular weight is 225 g/mol. The second-order valence-corrected chi connectivity index (χ2v) is 5.43. The minimum Gasteiger partial charge on any atom is -0.469 e. The number of hydrogen-bond donors (Lipinski definition) is 0. The van der Waals surface area contributed by atoms with Gasteiger partial charge in [0.1, 0.15) is 0 Å². The van der Waals surface area contributed by atoms with Gasteiger partial charge in [-0.05, 0) is 31.7 Å². The fourth-order valence-corrected chi connectivity index (χ4v) is 3.21. The van der Waals surface area contributed by atoms with Gasteiger partial charge in [0.2, 0.25) is 0 Å². The molecule has 2 aliphatic rings. The first-order valence-electron chi connectivity index (χ1n) is 6.52. The second kappa shape index (κ2) is 5.17. The minimum absolute atomic E-state index is 0.0219. The van der Waals surface area contributed by atoms with Crippen LogP contribution in [-0.2, 0) is 9.53 Å². The first kappa shape index (κ1) is 11.9. The van der Waals surface area contributed by atoms with Crippen LogP contribution in [0.15, 0.2) is 0 Å². The molecule has 1 saturated carbocycles. The van der Waals surface area contributed by atoms with Crippen LogP contribution in [0.5, 0.6) is 0 Å². The Bertz CT molecular complexity index is 254. The smallest absolute Gasteiger partial charge is 0.310 e. The zero-order valence-electron chi connectivity index (χ0n) is 10.4. The number of esters is 1. The molecule has 0 radical (unpaired) electrons. The highest BCUT2D eigenvalue weighted by atomic mass is 16.5. The molecule has 3 unspecified atom stereocenters. The summed E-state index contributed by atoms with van der Waals surface area (Å²) < 4.78 is 4.83. The van der Waals surface area contributed by atoms with Gasteiger partial charge in [-0.3, -0.25) is 9.69 Å². The molecular weight excluding hydrogens is 202 g/mol. The molecule has 0 aromatic heterocycles. The molecular formula is C13H23NO2. The molecule has 0 aromatic carbocycles. The van der Waals surface area contributed by atoms with Crippen molar-refractivity contribution in [3.8, 4) is 0 Å². The van der Waals surface area contributed by atoms with E-state index in [0.29, 0.717) is 0 Å². The molecule has 16 heavy (non-hydrogen) atoms. The monoisotopic (exact) mass is 225 g/mol. The van der Waals surface area contributed by atoms with Gasteiger partial charge in [-0.25, -0.2) is 0 Å². The quantitative estimate of drug-likeness (QED) is 0.674. The molecule has 2 rings (SSSR count). The van der Waals surface area contributed by atoms with Gasteiger partial charge < -0.3 is 4.74 Å². The second-order valence-electron chi connectivity index (χ2n) is 5.43. The normalized spacial score (nSPS) is 36.2. The third kappa shape index (κ3) is 2.57. The van der Waals surface area contributed by atoms with Crippen LogP contribution in [-0.4, -0.2) is 37.1 Å². The van der Waals surface area contributed by atoms with E-state index in [4.69, 9.17) is 4.74 Å². The average Bonchev–Trinajstić information content (AvgIpc) is 2.77. The maximum Gasteiger partial charge on any atom is 0.310 e. The van der Waals surface area contributed by atoms with Crippen molar-refractivity contribution in [1.29, 1.82) is 0 Å². The lowest BCUT2D eigenvalue weighted by atomic mass is 9.86. The van der Waals surface area contributed by atoms with Gasteiger partial charge in [0, 0.05) is 12.6 Å². The summed E-state index contributed by atoms with van der Waals surface area (Å²) in [5.74, 6) is 0.963. The molecule has 1 saturated heterocycles. The SMILES string of the molecule is COC(=O)C1CCN(C2CCCC(C)C2)C1. The van der Waals surface area contributed by atoms with Crippen LogP contribution in [0.4, 0.5) is 0 Å². The van der Waals surface area contributed by atoms with E-state index in [1.54, 1.807) is 0 Å². The summed E-state index contributed by atoms with van der Waals surface area (Å²) in [5, 5.41) is 0. The van der Waals surface area contributed by atoms with Crippen molar-refractivity contribution in [2.24, 2.45) is 11.8 Å². The van der Waals surface area contributed by atoms with Crippen LogP contribution >= 0.6 is 0 Å². The van der Waals surface area contributed by atoms with Crippen molar-refractivity contribution >= 4 is 5.97 Å².